The third kappa shape index (κ3) is 1.54. The second-order valence-electron chi connectivity index (χ2n) is 4.08. The minimum atomic E-state index is 0.530. The topological polar surface area (TPSA) is 53.1 Å². The molecule has 4 nitrogen and oxygen atoms in total. The van der Waals surface area contributed by atoms with Crippen molar-refractivity contribution in [2.75, 3.05) is 23.8 Å². The fourth-order valence-electron chi connectivity index (χ4n) is 2.31. The van der Waals surface area contributed by atoms with Crippen molar-refractivity contribution in [1.29, 1.82) is 0 Å². The number of fused-ring (bicyclic) bond motifs is 1. The number of aromatic nitrogens is 2. The van der Waals surface area contributed by atoms with Crippen molar-refractivity contribution in [3.05, 3.63) is 11.3 Å². The van der Waals surface area contributed by atoms with Gasteiger partial charge in [0.25, 0.3) is 0 Å². The van der Waals surface area contributed by atoms with Gasteiger partial charge >= 0.3 is 0 Å². The van der Waals surface area contributed by atoms with Crippen LogP contribution in [-0.2, 0) is 17.8 Å². The summed E-state index contributed by atoms with van der Waals surface area (Å²) in [6.07, 6.45) is 2.12. The quantitative estimate of drug-likeness (QED) is 0.780. The number of hydrogen-bond acceptors (Lipinski definition) is 4. The maximum absolute atomic E-state index is 5.94. The number of nitrogen functional groups attached to an aromatic ring is 1. The highest BCUT2D eigenvalue weighted by Gasteiger charge is 2.26. The van der Waals surface area contributed by atoms with Crippen molar-refractivity contribution < 1.29 is 4.74 Å². The van der Waals surface area contributed by atoms with E-state index >= 15 is 0 Å². The van der Waals surface area contributed by atoms with Gasteiger partial charge in [-0.2, -0.15) is 16.9 Å². The monoisotopic (exact) mass is 225 g/mol. The molecule has 1 saturated heterocycles. The molecule has 0 radical (unpaired) electrons. The van der Waals surface area contributed by atoms with Gasteiger partial charge in [0.15, 0.2) is 0 Å². The van der Waals surface area contributed by atoms with Crippen LogP contribution in [-0.4, -0.2) is 27.9 Å². The van der Waals surface area contributed by atoms with Gasteiger partial charge in [-0.1, -0.05) is 0 Å². The normalized spacial score (nSPS) is 25.5. The molecule has 0 saturated carbocycles. The SMILES string of the molecule is Nc1nn(C2CCSC2)c2c1CCOC2. The lowest BCUT2D eigenvalue weighted by Crippen LogP contribution is -2.17. The molecule has 0 spiro atoms. The summed E-state index contributed by atoms with van der Waals surface area (Å²) in [4.78, 5) is 0. The molecule has 0 bridgehead atoms. The van der Waals surface area contributed by atoms with Crippen LogP contribution in [0.4, 0.5) is 5.82 Å². The summed E-state index contributed by atoms with van der Waals surface area (Å²) in [5, 5.41) is 4.48. The predicted octanol–water partition coefficient (Wildman–Crippen LogP) is 1.22. The van der Waals surface area contributed by atoms with Crippen molar-refractivity contribution in [3.63, 3.8) is 0 Å². The molecule has 2 aliphatic rings. The molecule has 1 aromatic heterocycles. The number of rotatable bonds is 1. The number of ether oxygens (including phenoxy) is 1. The van der Waals surface area contributed by atoms with Crippen LogP contribution in [0.5, 0.6) is 0 Å². The fraction of sp³-hybridized carbons (Fsp3) is 0.700. The van der Waals surface area contributed by atoms with Crippen LogP contribution in [0.15, 0.2) is 0 Å². The first kappa shape index (κ1) is 9.54. The first-order chi connectivity index (χ1) is 7.36. The Labute approximate surface area is 93.2 Å². The van der Waals surface area contributed by atoms with Gasteiger partial charge < -0.3 is 10.5 Å². The van der Waals surface area contributed by atoms with Gasteiger partial charge in [-0.3, -0.25) is 4.68 Å². The summed E-state index contributed by atoms with van der Waals surface area (Å²) in [7, 11) is 0. The summed E-state index contributed by atoms with van der Waals surface area (Å²) >= 11 is 1.99. The van der Waals surface area contributed by atoms with Crippen LogP contribution in [0.25, 0.3) is 0 Å². The maximum Gasteiger partial charge on any atom is 0.149 e. The molecule has 3 heterocycles. The molecule has 0 aromatic carbocycles. The second-order valence-corrected chi connectivity index (χ2v) is 5.22. The zero-order valence-electron chi connectivity index (χ0n) is 8.61. The standard InChI is InChI=1S/C10H15N3OS/c11-10-8-1-3-14-5-9(8)13(12-10)7-2-4-15-6-7/h7H,1-6H2,(H2,11,12). The van der Waals surface area contributed by atoms with E-state index in [4.69, 9.17) is 10.5 Å². The number of anilines is 1. The molecule has 1 unspecified atom stereocenters. The third-order valence-corrected chi connectivity index (χ3v) is 4.28. The summed E-state index contributed by atoms with van der Waals surface area (Å²) in [5.74, 6) is 3.11. The molecule has 3 rings (SSSR count). The van der Waals surface area contributed by atoms with Crippen molar-refractivity contribution in [1.82, 2.24) is 9.78 Å². The molecule has 1 aromatic rings. The van der Waals surface area contributed by atoms with Gasteiger partial charge in [-0.05, 0) is 12.2 Å². The Balaban J connectivity index is 1.99. The van der Waals surface area contributed by atoms with Gasteiger partial charge in [0.2, 0.25) is 0 Å². The molecule has 0 aliphatic carbocycles. The van der Waals surface area contributed by atoms with E-state index in [1.54, 1.807) is 0 Å². The van der Waals surface area contributed by atoms with Gasteiger partial charge in [0.05, 0.1) is 24.9 Å². The minimum absolute atomic E-state index is 0.530. The summed E-state index contributed by atoms with van der Waals surface area (Å²) in [6.45, 7) is 1.46. The van der Waals surface area contributed by atoms with Crippen LogP contribution in [0.2, 0.25) is 0 Å². The van der Waals surface area contributed by atoms with Crippen molar-refractivity contribution >= 4 is 17.6 Å². The van der Waals surface area contributed by atoms with Crippen molar-refractivity contribution in [3.8, 4) is 0 Å². The molecule has 0 amide bonds. The zero-order valence-corrected chi connectivity index (χ0v) is 9.42. The molecule has 15 heavy (non-hydrogen) atoms. The van der Waals surface area contributed by atoms with Crippen LogP contribution < -0.4 is 5.73 Å². The van der Waals surface area contributed by atoms with E-state index in [-0.39, 0.29) is 0 Å². The van der Waals surface area contributed by atoms with Gasteiger partial charge in [0, 0.05) is 17.7 Å². The Kier molecular flexibility index (Phi) is 2.36. The second kappa shape index (κ2) is 3.72. The number of nitrogens with zero attached hydrogens (tertiary/aromatic N) is 2. The molecular formula is C10H15N3OS. The Hall–Kier alpha value is -0.680. The van der Waals surface area contributed by atoms with E-state index in [0.717, 1.165) is 18.8 Å². The summed E-state index contributed by atoms with van der Waals surface area (Å²) in [6, 6.07) is 0.530. The van der Waals surface area contributed by atoms with E-state index in [1.807, 2.05) is 11.8 Å². The minimum Gasteiger partial charge on any atom is -0.382 e. The van der Waals surface area contributed by atoms with Gasteiger partial charge in [-0.25, -0.2) is 0 Å². The molecule has 1 atom stereocenters. The fourth-order valence-corrected chi connectivity index (χ4v) is 3.49. The summed E-state index contributed by atoms with van der Waals surface area (Å²) < 4.78 is 7.60. The van der Waals surface area contributed by atoms with Crippen molar-refractivity contribution in [2.24, 2.45) is 0 Å². The number of nitrogens with two attached hydrogens (primary N) is 1. The Morgan fingerprint density at radius 2 is 2.47 bits per heavy atom. The van der Waals surface area contributed by atoms with Crippen LogP contribution >= 0.6 is 11.8 Å². The first-order valence-corrected chi connectivity index (χ1v) is 6.53. The van der Waals surface area contributed by atoms with E-state index < -0.39 is 0 Å². The van der Waals surface area contributed by atoms with E-state index in [2.05, 4.69) is 9.78 Å². The average molecular weight is 225 g/mol. The largest absolute Gasteiger partial charge is 0.382 e. The smallest absolute Gasteiger partial charge is 0.149 e. The zero-order chi connectivity index (χ0) is 10.3. The molecule has 82 valence electrons. The van der Waals surface area contributed by atoms with Crippen molar-refractivity contribution in [2.45, 2.75) is 25.5 Å². The Morgan fingerprint density at radius 3 is 3.27 bits per heavy atom. The molecule has 2 N–H and O–H groups in total. The number of hydrogen-bond donors (Lipinski definition) is 1. The lowest BCUT2D eigenvalue weighted by molar-refractivity contribution is 0.103. The van der Waals surface area contributed by atoms with Crippen LogP contribution in [0.3, 0.4) is 0 Å². The molecule has 1 fully saturated rings. The van der Waals surface area contributed by atoms with Crippen LogP contribution in [0.1, 0.15) is 23.7 Å². The lowest BCUT2D eigenvalue weighted by Gasteiger charge is -2.17. The lowest BCUT2D eigenvalue weighted by atomic mass is 10.1. The van der Waals surface area contributed by atoms with Crippen LogP contribution in [0, 0.1) is 0 Å². The predicted molar refractivity (Wildman–Crippen MR) is 61.0 cm³/mol. The third-order valence-electron chi connectivity index (χ3n) is 3.14. The molecule has 2 aliphatic heterocycles. The average Bonchev–Trinajstić information content (AvgIpc) is 2.87. The maximum atomic E-state index is 5.94. The Bertz CT molecular complexity index is 371. The van der Waals surface area contributed by atoms with E-state index in [1.165, 1.54) is 23.4 Å². The summed E-state index contributed by atoms with van der Waals surface area (Å²) in [5.41, 5.74) is 8.37. The first-order valence-electron chi connectivity index (χ1n) is 5.37. The number of thioether (sulfide) groups is 1. The Morgan fingerprint density at radius 1 is 1.53 bits per heavy atom. The van der Waals surface area contributed by atoms with Gasteiger partial charge in [-0.15, -0.1) is 0 Å². The van der Waals surface area contributed by atoms with Gasteiger partial charge in [0.1, 0.15) is 5.82 Å². The highest BCUT2D eigenvalue weighted by molar-refractivity contribution is 7.99. The highest BCUT2D eigenvalue weighted by atomic mass is 32.2. The molecule has 5 heteroatoms. The van der Waals surface area contributed by atoms with E-state index in [0.29, 0.717) is 18.5 Å². The highest BCUT2D eigenvalue weighted by Crippen LogP contribution is 2.32. The molecular weight excluding hydrogens is 210 g/mol. The van der Waals surface area contributed by atoms with E-state index in [9.17, 15) is 0 Å².